The Labute approximate surface area is 146 Å². The number of aryl methyl sites for hydroxylation is 3. The summed E-state index contributed by atoms with van der Waals surface area (Å²) in [4.78, 5) is 4.91. The van der Waals surface area contributed by atoms with Crippen LogP contribution in [0.3, 0.4) is 0 Å². The summed E-state index contributed by atoms with van der Waals surface area (Å²) in [7, 11) is -3.78. The number of rotatable bonds is 4. The second-order valence-electron chi connectivity index (χ2n) is 5.11. The van der Waals surface area contributed by atoms with Crippen LogP contribution in [-0.2, 0) is 16.4 Å². The van der Waals surface area contributed by atoms with Gasteiger partial charge in [-0.1, -0.05) is 34.2 Å². The number of hydrogen-bond donors (Lipinski definition) is 1. The van der Waals surface area contributed by atoms with Crippen molar-refractivity contribution in [2.24, 2.45) is 0 Å². The summed E-state index contributed by atoms with van der Waals surface area (Å²) in [5.41, 5.74) is 1.80. The molecule has 0 aliphatic carbocycles. The molecular weight excluding hydrogens is 400 g/mol. The summed E-state index contributed by atoms with van der Waals surface area (Å²) >= 11 is 4.77. The number of fused-ring (bicyclic) bond motifs is 1. The Morgan fingerprint density at radius 2 is 2.09 bits per heavy atom. The van der Waals surface area contributed by atoms with Crippen LogP contribution in [0.25, 0.3) is 4.96 Å². The quantitative estimate of drug-likeness (QED) is 0.707. The van der Waals surface area contributed by atoms with Gasteiger partial charge in [0.05, 0.1) is 11.4 Å². The predicted molar refractivity (Wildman–Crippen MR) is 94.7 cm³/mol. The molecule has 0 spiro atoms. The van der Waals surface area contributed by atoms with E-state index in [0.717, 1.165) is 21.5 Å². The summed E-state index contributed by atoms with van der Waals surface area (Å²) < 4.78 is 30.6. The predicted octanol–water partition coefficient (Wildman–Crippen LogP) is 3.53. The lowest BCUT2D eigenvalue weighted by Crippen LogP contribution is -2.17. The minimum absolute atomic E-state index is 0.0887. The van der Waals surface area contributed by atoms with Crippen molar-refractivity contribution in [3.05, 3.63) is 38.9 Å². The Morgan fingerprint density at radius 3 is 2.74 bits per heavy atom. The van der Waals surface area contributed by atoms with Gasteiger partial charge >= 0.3 is 0 Å². The van der Waals surface area contributed by atoms with E-state index in [-0.39, 0.29) is 5.03 Å². The monoisotopic (exact) mass is 414 g/mol. The van der Waals surface area contributed by atoms with Gasteiger partial charge in [-0.05, 0) is 44.0 Å². The fourth-order valence-electron chi connectivity index (χ4n) is 2.26. The summed E-state index contributed by atoms with van der Waals surface area (Å²) in [5, 5.41) is 5.28. The highest BCUT2D eigenvalue weighted by Gasteiger charge is 2.26. The van der Waals surface area contributed by atoms with Crippen LogP contribution in [0.1, 0.15) is 23.2 Å². The van der Waals surface area contributed by atoms with Gasteiger partial charge in [0.15, 0.2) is 0 Å². The van der Waals surface area contributed by atoms with E-state index >= 15 is 0 Å². The molecule has 6 nitrogen and oxygen atoms in total. The number of anilines is 1. The van der Waals surface area contributed by atoms with E-state index in [0.29, 0.717) is 16.3 Å². The van der Waals surface area contributed by atoms with Crippen LogP contribution in [0.5, 0.6) is 0 Å². The van der Waals surface area contributed by atoms with Crippen molar-refractivity contribution in [1.29, 1.82) is 0 Å². The highest BCUT2D eigenvalue weighted by molar-refractivity contribution is 9.10. The first-order valence-electron chi connectivity index (χ1n) is 6.96. The van der Waals surface area contributed by atoms with Gasteiger partial charge in [-0.2, -0.15) is 18.0 Å². The van der Waals surface area contributed by atoms with Crippen LogP contribution in [0, 0.1) is 13.8 Å². The van der Waals surface area contributed by atoms with E-state index in [1.54, 1.807) is 19.1 Å². The number of benzene rings is 1. The van der Waals surface area contributed by atoms with E-state index in [2.05, 4.69) is 30.7 Å². The third-order valence-electron chi connectivity index (χ3n) is 3.36. The molecule has 23 heavy (non-hydrogen) atoms. The van der Waals surface area contributed by atoms with Crippen molar-refractivity contribution in [2.75, 3.05) is 4.72 Å². The average Bonchev–Trinajstić information content (AvgIpc) is 2.97. The maximum atomic E-state index is 12.8. The topological polar surface area (TPSA) is 76.4 Å². The lowest BCUT2D eigenvalue weighted by atomic mass is 10.2. The highest BCUT2D eigenvalue weighted by atomic mass is 79.9. The summed E-state index contributed by atoms with van der Waals surface area (Å²) in [6.07, 6.45) is 0.742. The SMILES string of the molecule is CCc1nn2c(S(=O)(=O)Nc3ccc(Br)cc3C)c(C)nc2s1. The van der Waals surface area contributed by atoms with Gasteiger partial charge in [-0.3, -0.25) is 4.72 Å². The molecule has 0 radical (unpaired) electrons. The first-order chi connectivity index (χ1) is 10.8. The minimum atomic E-state index is -3.78. The normalized spacial score (nSPS) is 12.0. The largest absolute Gasteiger partial charge is 0.281 e. The molecule has 3 aromatic rings. The Kier molecular flexibility index (Phi) is 4.19. The zero-order valence-corrected chi connectivity index (χ0v) is 16.0. The molecule has 0 fully saturated rings. The van der Waals surface area contributed by atoms with Gasteiger partial charge in [0.25, 0.3) is 10.0 Å². The van der Waals surface area contributed by atoms with Crippen LogP contribution in [0.15, 0.2) is 27.7 Å². The van der Waals surface area contributed by atoms with E-state index < -0.39 is 10.0 Å². The standard InChI is InChI=1S/C14H15BrN4O2S2/c1-4-12-17-19-13(9(3)16-14(19)22-12)23(20,21)18-11-6-5-10(15)7-8(11)2/h5-7,18H,4H2,1-3H3. The lowest BCUT2D eigenvalue weighted by Gasteiger charge is -2.10. The molecule has 0 unspecified atom stereocenters. The Hall–Kier alpha value is -1.45. The van der Waals surface area contributed by atoms with E-state index in [4.69, 9.17) is 0 Å². The number of nitrogens with zero attached hydrogens (tertiary/aromatic N) is 3. The van der Waals surface area contributed by atoms with E-state index in [1.165, 1.54) is 15.9 Å². The molecule has 0 atom stereocenters. The van der Waals surface area contributed by atoms with Crippen molar-refractivity contribution in [3.63, 3.8) is 0 Å². The van der Waals surface area contributed by atoms with Crippen LogP contribution < -0.4 is 4.72 Å². The highest BCUT2D eigenvalue weighted by Crippen LogP contribution is 2.26. The van der Waals surface area contributed by atoms with Crippen LogP contribution in [0.4, 0.5) is 5.69 Å². The minimum Gasteiger partial charge on any atom is -0.278 e. The first kappa shape index (κ1) is 16.4. The number of sulfonamides is 1. The first-order valence-corrected chi connectivity index (χ1v) is 10.0. The fourth-order valence-corrected chi connectivity index (χ4v) is 5.07. The summed E-state index contributed by atoms with van der Waals surface area (Å²) in [6, 6.07) is 5.37. The number of hydrogen-bond acceptors (Lipinski definition) is 5. The van der Waals surface area contributed by atoms with Crippen molar-refractivity contribution in [1.82, 2.24) is 14.6 Å². The molecule has 3 rings (SSSR count). The maximum Gasteiger partial charge on any atom is 0.281 e. The molecule has 2 aromatic heterocycles. The number of halogens is 1. The Balaban J connectivity index is 2.08. The van der Waals surface area contributed by atoms with E-state index in [9.17, 15) is 8.42 Å². The second-order valence-corrected chi connectivity index (χ2v) is 8.66. The molecule has 1 N–H and O–H groups in total. The van der Waals surface area contributed by atoms with Crippen LogP contribution >= 0.6 is 27.3 Å². The van der Waals surface area contributed by atoms with Gasteiger partial charge < -0.3 is 0 Å². The lowest BCUT2D eigenvalue weighted by molar-refractivity contribution is 0.592. The van der Waals surface area contributed by atoms with Crippen molar-refractivity contribution < 1.29 is 8.42 Å². The number of aromatic nitrogens is 3. The number of imidazole rings is 1. The second kappa shape index (κ2) is 5.88. The zero-order valence-electron chi connectivity index (χ0n) is 12.8. The van der Waals surface area contributed by atoms with Gasteiger partial charge in [0, 0.05) is 4.47 Å². The molecule has 0 aliphatic rings. The zero-order chi connectivity index (χ0) is 16.8. The molecule has 0 amide bonds. The molecule has 122 valence electrons. The van der Waals surface area contributed by atoms with Crippen molar-refractivity contribution in [3.8, 4) is 0 Å². The summed E-state index contributed by atoms with van der Waals surface area (Å²) in [5.74, 6) is 0. The molecule has 0 saturated carbocycles. The molecule has 2 heterocycles. The van der Waals surface area contributed by atoms with Gasteiger partial charge in [-0.25, -0.2) is 4.98 Å². The number of nitrogens with one attached hydrogen (secondary N) is 1. The Bertz CT molecular complexity index is 992. The van der Waals surface area contributed by atoms with Gasteiger partial charge in [-0.15, -0.1) is 0 Å². The Morgan fingerprint density at radius 1 is 1.35 bits per heavy atom. The molecule has 0 saturated heterocycles. The molecule has 9 heteroatoms. The molecule has 0 bridgehead atoms. The summed E-state index contributed by atoms with van der Waals surface area (Å²) in [6.45, 7) is 5.50. The van der Waals surface area contributed by atoms with Gasteiger partial charge in [0.1, 0.15) is 5.01 Å². The average molecular weight is 415 g/mol. The third-order valence-corrected chi connectivity index (χ3v) is 6.37. The molecule has 0 aliphatic heterocycles. The smallest absolute Gasteiger partial charge is 0.278 e. The van der Waals surface area contributed by atoms with Crippen molar-refractivity contribution >= 4 is 47.9 Å². The molecule has 1 aromatic carbocycles. The maximum absolute atomic E-state index is 12.8. The molecular formula is C14H15BrN4O2S2. The fraction of sp³-hybridized carbons (Fsp3) is 0.286. The van der Waals surface area contributed by atoms with Gasteiger partial charge in [0.2, 0.25) is 9.99 Å². The van der Waals surface area contributed by atoms with Crippen molar-refractivity contribution in [2.45, 2.75) is 32.2 Å². The third kappa shape index (κ3) is 3.00. The van der Waals surface area contributed by atoms with Crippen LogP contribution in [-0.4, -0.2) is 23.0 Å². The van der Waals surface area contributed by atoms with E-state index in [1.807, 2.05) is 19.9 Å². The van der Waals surface area contributed by atoms with Crippen LogP contribution in [0.2, 0.25) is 0 Å².